The van der Waals surface area contributed by atoms with Crippen LogP contribution in [0.5, 0.6) is 0 Å². The van der Waals surface area contributed by atoms with Crippen LogP contribution in [-0.4, -0.2) is 26.2 Å². The van der Waals surface area contributed by atoms with Crippen LogP contribution in [0.3, 0.4) is 0 Å². The van der Waals surface area contributed by atoms with E-state index in [1.54, 1.807) is 7.11 Å². The molecule has 0 aliphatic rings. The largest absolute Gasteiger partial charge is 0.383 e. The molecule has 1 aromatic rings. The van der Waals surface area contributed by atoms with Crippen LogP contribution in [0.4, 0.5) is 0 Å². The minimum atomic E-state index is -0.0599. The van der Waals surface area contributed by atoms with Crippen molar-refractivity contribution in [2.75, 3.05) is 20.3 Å². The molecule has 0 spiro atoms. The highest BCUT2D eigenvalue weighted by Gasteiger charge is 2.08. The van der Waals surface area contributed by atoms with Gasteiger partial charge >= 0.3 is 0 Å². The molecular weight excluding hydrogens is 226 g/mol. The molecule has 1 amide bonds. The number of hydrogen-bond donors (Lipinski definition) is 1. The summed E-state index contributed by atoms with van der Waals surface area (Å²) < 4.78 is 4.91. The predicted molar refractivity (Wildman–Crippen MR) is 74.9 cm³/mol. The molecule has 0 saturated carbocycles. The lowest BCUT2D eigenvalue weighted by Crippen LogP contribution is -2.31. The highest BCUT2D eigenvalue weighted by Crippen LogP contribution is 2.01. The van der Waals surface area contributed by atoms with E-state index in [0.717, 1.165) is 22.4 Å². The van der Waals surface area contributed by atoms with Gasteiger partial charge in [0.1, 0.15) is 0 Å². The third kappa shape index (κ3) is 3.70. The van der Waals surface area contributed by atoms with E-state index in [9.17, 15) is 4.79 Å². The fraction of sp³-hybridized carbons (Fsp3) is 0.400. The first kappa shape index (κ1) is 14.5. The monoisotopic (exact) mass is 247 g/mol. The Kier molecular flexibility index (Phi) is 5.59. The molecule has 1 N–H and O–H groups in total. The molecule has 0 saturated heterocycles. The number of rotatable bonds is 5. The van der Waals surface area contributed by atoms with Crippen molar-refractivity contribution in [3.63, 3.8) is 0 Å². The lowest BCUT2D eigenvalue weighted by molar-refractivity contribution is 0.0936. The van der Waals surface area contributed by atoms with Gasteiger partial charge in [0.15, 0.2) is 0 Å². The Morgan fingerprint density at radius 2 is 2.22 bits per heavy atom. The summed E-state index contributed by atoms with van der Waals surface area (Å²) in [4.78, 5) is 12.0. The van der Waals surface area contributed by atoms with Crippen LogP contribution in [0.1, 0.15) is 29.3 Å². The number of hydrogen-bond acceptors (Lipinski definition) is 2. The second kappa shape index (κ2) is 6.97. The summed E-state index contributed by atoms with van der Waals surface area (Å²) in [5, 5.41) is 4.82. The Hall–Kier alpha value is -1.61. The van der Waals surface area contributed by atoms with Crippen molar-refractivity contribution in [1.29, 1.82) is 0 Å². The molecule has 0 atom stereocenters. The SMILES string of the molecule is C=c1cc(C)c(C(=O)NCCOC)c/c1=C/CC. The van der Waals surface area contributed by atoms with Crippen molar-refractivity contribution in [2.45, 2.75) is 20.3 Å². The zero-order valence-corrected chi connectivity index (χ0v) is 11.4. The third-order valence-corrected chi connectivity index (χ3v) is 2.75. The minimum Gasteiger partial charge on any atom is -0.383 e. The summed E-state index contributed by atoms with van der Waals surface area (Å²) in [7, 11) is 1.61. The topological polar surface area (TPSA) is 38.3 Å². The zero-order chi connectivity index (χ0) is 13.5. The second-order valence-electron chi connectivity index (χ2n) is 4.23. The van der Waals surface area contributed by atoms with Crippen molar-refractivity contribution in [2.24, 2.45) is 0 Å². The van der Waals surface area contributed by atoms with Gasteiger partial charge in [0.25, 0.3) is 5.91 Å². The number of carbonyl (C=O) groups excluding carboxylic acids is 1. The van der Waals surface area contributed by atoms with Gasteiger partial charge in [-0.05, 0) is 35.4 Å². The van der Waals surface area contributed by atoms with Crippen LogP contribution in [0.2, 0.25) is 0 Å². The van der Waals surface area contributed by atoms with Gasteiger partial charge in [0, 0.05) is 19.2 Å². The average Bonchev–Trinajstić information content (AvgIpc) is 2.33. The Morgan fingerprint density at radius 1 is 1.50 bits per heavy atom. The summed E-state index contributed by atoms with van der Waals surface area (Å²) in [5.41, 5.74) is 1.65. The summed E-state index contributed by atoms with van der Waals surface area (Å²) >= 11 is 0. The molecule has 18 heavy (non-hydrogen) atoms. The van der Waals surface area contributed by atoms with Gasteiger partial charge in [0.05, 0.1) is 6.61 Å². The molecule has 0 unspecified atom stereocenters. The maximum Gasteiger partial charge on any atom is 0.251 e. The van der Waals surface area contributed by atoms with Crippen molar-refractivity contribution in [1.82, 2.24) is 5.32 Å². The first-order valence-electron chi connectivity index (χ1n) is 6.17. The van der Waals surface area contributed by atoms with Crippen LogP contribution in [0.15, 0.2) is 12.1 Å². The Balaban J connectivity index is 3.02. The molecule has 0 radical (unpaired) electrons. The Bertz CT molecular complexity index is 520. The maximum absolute atomic E-state index is 12.0. The number of nitrogens with one attached hydrogen (secondary N) is 1. The maximum atomic E-state index is 12.0. The molecule has 0 aliphatic carbocycles. The van der Waals surface area contributed by atoms with Gasteiger partial charge in [-0.1, -0.05) is 25.6 Å². The quantitative estimate of drug-likeness (QED) is 0.787. The van der Waals surface area contributed by atoms with Gasteiger partial charge < -0.3 is 10.1 Å². The summed E-state index contributed by atoms with van der Waals surface area (Å²) in [6.45, 7) is 9.03. The predicted octanol–water partition coefficient (Wildman–Crippen LogP) is 0.972. The Morgan fingerprint density at radius 3 is 2.83 bits per heavy atom. The minimum absolute atomic E-state index is 0.0599. The lowest BCUT2D eigenvalue weighted by atomic mass is 10.0. The highest BCUT2D eigenvalue weighted by molar-refractivity contribution is 5.95. The molecule has 1 aromatic carbocycles. The van der Waals surface area contributed by atoms with Crippen LogP contribution < -0.4 is 15.8 Å². The molecule has 98 valence electrons. The zero-order valence-electron chi connectivity index (χ0n) is 11.4. The molecule has 1 rings (SSSR count). The standard InChI is InChI=1S/C15H21NO2/c1-5-6-13-10-14(12(3)9-11(13)2)15(17)16-7-8-18-4/h6,9-10H,2,5,7-8H2,1,3-4H3,(H,16,17)/b13-6-. The number of carbonyl (C=O) groups is 1. The fourth-order valence-electron chi connectivity index (χ4n) is 1.80. The molecule has 0 fully saturated rings. The van der Waals surface area contributed by atoms with Crippen molar-refractivity contribution >= 4 is 18.6 Å². The van der Waals surface area contributed by atoms with Gasteiger partial charge in [0.2, 0.25) is 0 Å². The van der Waals surface area contributed by atoms with E-state index in [-0.39, 0.29) is 5.91 Å². The highest BCUT2D eigenvalue weighted by atomic mass is 16.5. The van der Waals surface area contributed by atoms with Crippen LogP contribution >= 0.6 is 0 Å². The number of benzene rings is 1. The van der Waals surface area contributed by atoms with Crippen molar-refractivity contribution in [3.05, 3.63) is 33.7 Å². The third-order valence-electron chi connectivity index (χ3n) is 2.75. The summed E-state index contributed by atoms with van der Waals surface area (Å²) in [5.74, 6) is -0.0599. The molecular formula is C15H21NO2. The van der Waals surface area contributed by atoms with E-state index in [4.69, 9.17) is 4.74 Å². The first-order chi connectivity index (χ1) is 8.60. The molecule has 3 heteroatoms. The summed E-state index contributed by atoms with van der Waals surface area (Å²) in [6, 6.07) is 3.86. The first-order valence-corrected chi connectivity index (χ1v) is 6.17. The van der Waals surface area contributed by atoms with E-state index >= 15 is 0 Å². The fourth-order valence-corrected chi connectivity index (χ4v) is 1.80. The lowest BCUT2D eigenvalue weighted by Gasteiger charge is -2.07. The van der Waals surface area contributed by atoms with Crippen molar-refractivity contribution in [3.8, 4) is 0 Å². The van der Waals surface area contributed by atoms with Crippen molar-refractivity contribution < 1.29 is 9.53 Å². The van der Waals surface area contributed by atoms with Gasteiger partial charge in [-0.25, -0.2) is 0 Å². The smallest absolute Gasteiger partial charge is 0.251 e. The van der Waals surface area contributed by atoms with E-state index in [2.05, 4.69) is 24.9 Å². The molecule has 0 heterocycles. The van der Waals surface area contributed by atoms with E-state index in [1.165, 1.54) is 0 Å². The Labute approximate surface area is 108 Å². The second-order valence-corrected chi connectivity index (χ2v) is 4.23. The number of aryl methyl sites for hydroxylation is 1. The van der Waals surface area contributed by atoms with Crippen LogP contribution in [-0.2, 0) is 4.74 Å². The van der Waals surface area contributed by atoms with Crippen LogP contribution in [0, 0.1) is 6.92 Å². The molecule has 0 aliphatic heterocycles. The average molecular weight is 247 g/mol. The van der Waals surface area contributed by atoms with Crippen LogP contribution in [0.25, 0.3) is 12.7 Å². The molecule has 0 aromatic heterocycles. The van der Waals surface area contributed by atoms with E-state index in [1.807, 2.05) is 19.1 Å². The van der Waals surface area contributed by atoms with Gasteiger partial charge in [-0.15, -0.1) is 0 Å². The summed E-state index contributed by atoms with van der Waals surface area (Å²) in [6.07, 6.45) is 3.00. The van der Waals surface area contributed by atoms with E-state index in [0.29, 0.717) is 18.7 Å². The number of methoxy groups -OCH3 is 1. The number of ether oxygens (including phenoxy) is 1. The normalized spacial score (nSPS) is 11.6. The van der Waals surface area contributed by atoms with Gasteiger partial charge in [-0.2, -0.15) is 0 Å². The van der Waals surface area contributed by atoms with E-state index < -0.39 is 0 Å². The molecule has 3 nitrogen and oxygen atoms in total. The number of amides is 1. The van der Waals surface area contributed by atoms with Gasteiger partial charge in [-0.3, -0.25) is 4.79 Å². The molecule has 0 bridgehead atoms.